The van der Waals surface area contributed by atoms with E-state index in [0.29, 0.717) is 6.54 Å². The van der Waals surface area contributed by atoms with Gasteiger partial charge in [-0.15, -0.1) is 0 Å². The van der Waals surface area contributed by atoms with Crippen LogP contribution >= 0.6 is 0 Å². The summed E-state index contributed by atoms with van der Waals surface area (Å²) in [5.41, 5.74) is 2.65. The Kier molecular flexibility index (Phi) is 4.01. The average molecular weight is 291 g/mol. The number of benzene rings is 1. The molecule has 0 spiro atoms. The van der Waals surface area contributed by atoms with Gasteiger partial charge in [0.25, 0.3) is 5.91 Å². The Hall–Kier alpha value is -2.88. The molecule has 0 radical (unpaired) electrons. The van der Waals surface area contributed by atoms with Crippen molar-refractivity contribution in [2.24, 2.45) is 0 Å². The van der Waals surface area contributed by atoms with Crippen molar-refractivity contribution in [3.8, 4) is 0 Å². The lowest BCUT2D eigenvalue weighted by molar-refractivity contribution is -0.114. The second-order valence-electron chi connectivity index (χ2n) is 4.86. The molecule has 0 N–H and O–H groups in total. The number of pyridine rings is 1. The number of carbonyl (C=O) groups is 1. The van der Waals surface area contributed by atoms with Crippen molar-refractivity contribution in [3.63, 3.8) is 0 Å². The molecule has 3 aromatic rings. The smallest absolute Gasteiger partial charge is 0.251 e. The van der Waals surface area contributed by atoms with E-state index in [2.05, 4.69) is 4.98 Å². The molecule has 0 aliphatic heterocycles. The van der Waals surface area contributed by atoms with Gasteiger partial charge in [0.05, 0.1) is 11.9 Å². The second kappa shape index (κ2) is 6.26. The van der Waals surface area contributed by atoms with Gasteiger partial charge in [-0.05, 0) is 37.3 Å². The van der Waals surface area contributed by atoms with E-state index >= 15 is 0 Å². The number of nitrogens with zero attached hydrogens (tertiary/aromatic N) is 3. The Morgan fingerprint density at radius 1 is 1.18 bits per heavy atom. The van der Waals surface area contributed by atoms with Crippen molar-refractivity contribution in [1.82, 2.24) is 9.38 Å². The summed E-state index contributed by atoms with van der Waals surface area (Å²) in [4.78, 5) is 18.5. The molecular weight excluding hydrogens is 274 g/mol. The third kappa shape index (κ3) is 2.76. The van der Waals surface area contributed by atoms with Crippen molar-refractivity contribution in [1.29, 1.82) is 0 Å². The summed E-state index contributed by atoms with van der Waals surface area (Å²) in [6.45, 7) is 2.59. The largest absolute Gasteiger partial charge is 0.309 e. The Labute approximate surface area is 129 Å². The Morgan fingerprint density at radius 2 is 1.95 bits per heavy atom. The molecular formula is C18H17N3O. The summed E-state index contributed by atoms with van der Waals surface area (Å²) in [5.74, 6) is -0.0421. The van der Waals surface area contributed by atoms with Gasteiger partial charge >= 0.3 is 0 Å². The van der Waals surface area contributed by atoms with E-state index in [1.54, 1.807) is 23.2 Å². The maximum atomic E-state index is 12.4. The molecule has 22 heavy (non-hydrogen) atoms. The molecule has 0 atom stereocenters. The number of imidazole rings is 1. The monoisotopic (exact) mass is 291 g/mol. The molecule has 0 fully saturated rings. The average Bonchev–Trinajstić information content (AvgIpc) is 2.98. The number of likely N-dealkylation sites (N-methyl/N-ethyl adjacent to an activating group) is 1. The molecule has 2 heterocycles. The summed E-state index contributed by atoms with van der Waals surface area (Å²) in [6.07, 6.45) is 7.08. The topological polar surface area (TPSA) is 37.6 Å². The third-order valence-electron chi connectivity index (χ3n) is 3.49. The van der Waals surface area contributed by atoms with E-state index in [4.69, 9.17) is 0 Å². The van der Waals surface area contributed by atoms with Crippen LogP contribution in [0.15, 0.2) is 67.0 Å². The zero-order chi connectivity index (χ0) is 15.4. The predicted octanol–water partition coefficient (Wildman–Crippen LogP) is 3.40. The maximum Gasteiger partial charge on any atom is 0.251 e. The second-order valence-corrected chi connectivity index (χ2v) is 4.86. The van der Waals surface area contributed by atoms with Crippen LogP contribution in [0.3, 0.4) is 0 Å². The van der Waals surface area contributed by atoms with Gasteiger partial charge < -0.3 is 9.30 Å². The van der Waals surface area contributed by atoms with Crippen LogP contribution in [-0.2, 0) is 4.79 Å². The Morgan fingerprint density at radius 3 is 2.73 bits per heavy atom. The lowest BCUT2D eigenvalue weighted by atomic mass is 10.2. The summed E-state index contributed by atoms with van der Waals surface area (Å²) in [6, 6.07) is 15.5. The highest BCUT2D eigenvalue weighted by atomic mass is 16.2. The molecule has 1 aromatic carbocycles. The number of fused-ring (bicyclic) bond motifs is 1. The van der Waals surface area contributed by atoms with Crippen LogP contribution < -0.4 is 4.90 Å². The minimum absolute atomic E-state index is 0.0421. The quantitative estimate of drug-likeness (QED) is 0.691. The molecule has 2 aromatic heterocycles. The maximum absolute atomic E-state index is 12.4. The predicted molar refractivity (Wildman–Crippen MR) is 88.7 cm³/mol. The van der Waals surface area contributed by atoms with E-state index < -0.39 is 0 Å². The highest BCUT2D eigenvalue weighted by Crippen LogP contribution is 2.14. The summed E-state index contributed by atoms with van der Waals surface area (Å²) in [7, 11) is 0. The lowest BCUT2D eigenvalue weighted by Crippen LogP contribution is -2.28. The first-order chi connectivity index (χ1) is 10.8. The zero-order valence-corrected chi connectivity index (χ0v) is 12.4. The van der Waals surface area contributed by atoms with Crippen LogP contribution in [0.1, 0.15) is 12.6 Å². The fraction of sp³-hybridized carbons (Fsp3) is 0.111. The SMILES string of the molecule is CCN(C(=O)/C=C/c1cnc2ccccn12)c1ccccc1. The number of aromatic nitrogens is 2. The molecule has 1 amide bonds. The van der Waals surface area contributed by atoms with Gasteiger partial charge in [-0.2, -0.15) is 0 Å². The summed E-state index contributed by atoms with van der Waals surface area (Å²) >= 11 is 0. The molecule has 0 bridgehead atoms. The number of hydrogen-bond acceptors (Lipinski definition) is 2. The van der Waals surface area contributed by atoms with Crippen molar-refractivity contribution >= 4 is 23.3 Å². The number of amides is 1. The lowest BCUT2D eigenvalue weighted by Gasteiger charge is -2.19. The number of hydrogen-bond donors (Lipinski definition) is 0. The fourth-order valence-corrected chi connectivity index (χ4v) is 2.40. The third-order valence-corrected chi connectivity index (χ3v) is 3.49. The molecule has 0 saturated carbocycles. The van der Waals surface area contributed by atoms with E-state index in [1.807, 2.05) is 66.1 Å². The normalized spacial score (nSPS) is 11.1. The highest BCUT2D eigenvalue weighted by Gasteiger charge is 2.10. The van der Waals surface area contributed by atoms with Gasteiger partial charge in [-0.3, -0.25) is 4.79 Å². The van der Waals surface area contributed by atoms with Crippen LogP contribution in [-0.4, -0.2) is 21.8 Å². The molecule has 0 aliphatic carbocycles. The van der Waals surface area contributed by atoms with E-state index in [-0.39, 0.29) is 5.91 Å². The van der Waals surface area contributed by atoms with E-state index in [9.17, 15) is 4.79 Å². The number of para-hydroxylation sites is 1. The molecule has 4 heteroatoms. The van der Waals surface area contributed by atoms with E-state index in [0.717, 1.165) is 17.0 Å². The van der Waals surface area contributed by atoms with Gasteiger partial charge in [0.15, 0.2) is 0 Å². The number of anilines is 1. The molecule has 0 unspecified atom stereocenters. The van der Waals surface area contributed by atoms with Crippen molar-refractivity contribution < 1.29 is 4.79 Å². The van der Waals surface area contributed by atoms with Crippen LogP contribution in [0.5, 0.6) is 0 Å². The van der Waals surface area contributed by atoms with Gasteiger partial charge in [0.2, 0.25) is 0 Å². The van der Waals surface area contributed by atoms with Gasteiger partial charge in [0, 0.05) is 24.5 Å². The molecule has 110 valence electrons. The first-order valence-corrected chi connectivity index (χ1v) is 7.26. The first kappa shape index (κ1) is 14.1. The van der Waals surface area contributed by atoms with Crippen molar-refractivity contribution in [3.05, 3.63) is 72.7 Å². The Balaban J connectivity index is 1.84. The van der Waals surface area contributed by atoms with Gasteiger partial charge in [-0.25, -0.2) is 4.98 Å². The molecule has 3 rings (SSSR count). The Bertz CT molecular complexity index is 805. The zero-order valence-electron chi connectivity index (χ0n) is 12.4. The van der Waals surface area contributed by atoms with Crippen LogP contribution in [0.25, 0.3) is 11.7 Å². The fourth-order valence-electron chi connectivity index (χ4n) is 2.40. The van der Waals surface area contributed by atoms with Crippen molar-refractivity contribution in [2.45, 2.75) is 6.92 Å². The first-order valence-electron chi connectivity index (χ1n) is 7.26. The van der Waals surface area contributed by atoms with Gasteiger partial charge in [0.1, 0.15) is 5.65 Å². The minimum atomic E-state index is -0.0421. The molecule has 4 nitrogen and oxygen atoms in total. The van der Waals surface area contributed by atoms with Gasteiger partial charge in [-0.1, -0.05) is 24.3 Å². The van der Waals surface area contributed by atoms with Crippen molar-refractivity contribution in [2.75, 3.05) is 11.4 Å². The summed E-state index contributed by atoms with van der Waals surface area (Å²) in [5, 5.41) is 0. The molecule has 0 saturated heterocycles. The van der Waals surface area contributed by atoms with Crippen LogP contribution in [0.4, 0.5) is 5.69 Å². The van der Waals surface area contributed by atoms with Crippen LogP contribution in [0, 0.1) is 0 Å². The standard InChI is InChI=1S/C18H17N3O/c1-2-20(15-8-4-3-5-9-15)18(22)12-11-16-14-19-17-10-6-7-13-21(16)17/h3-14H,2H2,1H3/b12-11+. The number of rotatable bonds is 4. The van der Waals surface area contributed by atoms with E-state index in [1.165, 1.54) is 0 Å². The van der Waals surface area contributed by atoms with Crippen LogP contribution in [0.2, 0.25) is 0 Å². The summed E-state index contributed by atoms with van der Waals surface area (Å²) < 4.78 is 1.95. The molecule has 0 aliphatic rings. The minimum Gasteiger partial charge on any atom is -0.309 e. The number of carbonyl (C=O) groups excluding carboxylic acids is 1. The highest BCUT2D eigenvalue weighted by molar-refractivity contribution is 6.03.